The quantitative estimate of drug-likeness (QED) is 0.869. The molecule has 1 heterocycles. The van der Waals surface area contributed by atoms with Gasteiger partial charge in [-0.1, -0.05) is 19.3 Å². The molecule has 0 bridgehead atoms. The fraction of sp³-hybridized carbons (Fsp3) is 0.688. The molecule has 4 heteroatoms. The highest BCUT2D eigenvalue weighted by molar-refractivity contribution is 5.95. The molecule has 4 nitrogen and oxygen atoms in total. The topological polar surface area (TPSA) is 43.3 Å². The lowest BCUT2D eigenvalue weighted by molar-refractivity contribution is 0.0942. The summed E-state index contributed by atoms with van der Waals surface area (Å²) in [5.74, 6) is 0.729. The Morgan fingerprint density at radius 1 is 1.40 bits per heavy atom. The van der Waals surface area contributed by atoms with Crippen molar-refractivity contribution in [2.24, 2.45) is 5.92 Å². The summed E-state index contributed by atoms with van der Waals surface area (Å²) in [4.78, 5) is 12.2. The molecule has 0 aromatic carbocycles. The first kappa shape index (κ1) is 15.1. The van der Waals surface area contributed by atoms with Crippen LogP contribution in [-0.4, -0.2) is 30.7 Å². The van der Waals surface area contributed by atoms with Gasteiger partial charge in [0.2, 0.25) is 0 Å². The van der Waals surface area contributed by atoms with E-state index >= 15 is 0 Å². The van der Waals surface area contributed by atoms with Gasteiger partial charge in [0.15, 0.2) is 0 Å². The highest BCUT2D eigenvalue weighted by atomic mass is 16.5. The molecule has 1 aliphatic rings. The summed E-state index contributed by atoms with van der Waals surface area (Å²) < 4.78 is 7.14. The van der Waals surface area contributed by atoms with Gasteiger partial charge in [-0.25, -0.2) is 0 Å². The maximum atomic E-state index is 12.2. The van der Waals surface area contributed by atoms with Crippen molar-refractivity contribution < 1.29 is 9.53 Å². The molecular formula is C16H26N2O2. The number of carbonyl (C=O) groups is 1. The molecule has 0 unspecified atom stereocenters. The van der Waals surface area contributed by atoms with Crippen LogP contribution in [0.4, 0.5) is 0 Å². The van der Waals surface area contributed by atoms with Gasteiger partial charge in [-0.15, -0.1) is 0 Å². The van der Waals surface area contributed by atoms with Gasteiger partial charge in [0.25, 0.3) is 5.91 Å². The van der Waals surface area contributed by atoms with Crippen molar-refractivity contribution in [2.75, 3.05) is 20.3 Å². The molecule has 112 valence electrons. The van der Waals surface area contributed by atoms with E-state index in [-0.39, 0.29) is 5.91 Å². The fourth-order valence-electron chi connectivity index (χ4n) is 2.95. The smallest absolute Gasteiger partial charge is 0.253 e. The van der Waals surface area contributed by atoms with Crippen molar-refractivity contribution in [3.63, 3.8) is 0 Å². The predicted octanol–water partition coefficient (Wildman–Crippen LogP) is 2.75. The third kappa shape index (κ3) is 3.85. The number of aromatic nitrogens is 1. The van der Waals surface area contributed by atoms with Gasteiger partial charge in [-0.3, -0.25) is 4.79 Å². The molecule has 1 N–H and O–H groups in total. The van der Waals surface area contributed by atoms with Crippen LogP contribution in [-0.2, 0) is 11.3 Å². The van der Waals surface area contributed by atoms with E-state index in [4.69, 9.17) is 4.74 Å². The van der Waals surface area contributed by atoms with E-state index in [0.717, 1.165) is 24.3 Å². The summed E-state index contributed by atoms with van der Waals surface area (Å²) in [6.07, 6.45) is 8.46. The molecule has 1 saturated carbocycles. The third-order valence-electron chi connectivity index (χ3n) is 4.30. The van der Waals surface area contributed by atoms with Crippen molar-refractivity contribution in [1.29, 1.82) is 0 Å². The molecule has 0 aliphatic heterocycles. The summed E-state index contributed by atoms with van der Waals surface area (Å²) in [6.45, 7) is 4.27. The molecule has 1 fully saturated rings. The summed E-state index contributed by atoms with van der Waals surface area (Å²) in [5.41, 5.74) is 1.81. The van der Waals surface area contributed by atoms with Gasteiger partial charge >= 0.3 is 0 Å². The van der Waals surface area contributed by atoms with E-state index in [0.29, 0.717) is 12.5 Å². The first-order chi connectivity index (χ1) is 9.72. The average Bonchev–Trinajstić information content (AvgIpc) is 2.85. The standard InChI is InChI=1S/C16H26N2O2/c1-13-15(8-9-18(13)10-11-20-2)16(19)17-12-14-6-4-3-5-7-14/h8-9,14H,3-7,10-12H2,1-2H3,(H,17,19). The average molecular weight is 278 g/mol. The Morgan fingerprint density at radius 2 is 2.15 bits per heavy atom. The minimum absolute atomic E-state index is 0.0595. The van der Waals surface area contributed by atoms with E-state index in [2.05, 4.69) is 9.88 Å². The van der Waals surface area contributed by atoms with Crippen LogP contribution in [0.5, 0.6) is 0 Å². The number of nitrogens with zero attached hydrogens (tertiary/aromatic N) is 1. The Balaban J connectivity index is 1.86. The lowest BCUT2D eigenvalue weighted by atomic mass is 9.89. The Hall–Kier alpha value is -1.29. The van der Waals surface area contributed by atoms with E-state index < -0.39 is 0 Å². The molecule has 1 amide bonds. The zero-order valence-corrected chi connectivity index (χ0v) is 12.7. The number of hydrogen-bond donors (Lipinski definition) is 1. The van der Waals surface area contributed by atoms with Gasteiger partial charge in [0, 0.05) is 32.1 Å². The maximum absolute atomic E-state index is 12.2. The van der Waals surface area contributed by atoms with Gasteiger partial charge in [0.1, 0.15) is 0 Å². The van der Waals surface area contributed by atoms with Gasteiger partial charge in [0.05, 0.1) is 12.2 Å². The second kappa shape index (κ2) is 7.48. The number of amides is 1. The monoisotopic (exact) mass is 278 g/mol. The molecule has 0 radical (unpaired) electrons. The highest BCUT2D eigenvalue weighted by Gasteiger charge is 2.16. The minimum atomic E-state index is 0.0595. The zero-order chi connectivity index (χ0) is 14.4. The maximum Gasteiger partial charge on any atom is 0.253 e. The number of rotatable bonds is 6. The summed E-state index contributed by atoms with van der Waals surface area (Å²) in [5, 5.41) is 3.10. The molecule has 1 aromatic heterocycles. The normalized spacial score (nSPS) is 16.3. The van der Waals surface area contributed by atoms with Gasteiger partial charge < -0.3 is 14.6 Å². The Bertz CT molecular complexity index is 434. The first-order valence-corrected chi connectivity index (χ1v) is 7.65. The molecule has 1 aromatic rings. The van der Waals surface area contributed by atoms with Crippen LogP contribution in [0.2, 0.25) is 0 Å². The number of methoxy groups -OCH3 is 1. The van der Waals surface area contributed by atoms with Gasteiger partial charge in [-0.05, 0) is 31.7 Å². The SMILES string of the molecule is COCCn1ccc(C(=O)NCC2CCCCC2)c1C. The molecule has 0 atom stereocenters. The molecule has 20 heavy (non-hydrogen) atoms. The van der Waals surface area contributed by atoms with Crippen molar-refractivity contribution in [3.05, 3.63) is 23.5 Å². The Labute approximate surface area is 121 Å². The number of nitrogens with one attached hydrogen (secondary N) is 1. The third-order valence-corrected chi connectivity index (χ3v) is 4.30. The van der Waals surface area contributed by atoms with Crippen LogP contribution < -0.4 is 5.32 Å². The number of ether oxygens (including phenoxy) is 1. The van der Waals surface area contributed by atoms with Crippen molar-refractivity contribution in [3.8, 4) is 0 Å². The van der Waals surface area contributed by atoms with E-state index in [9.17, 15) is 4.79 Å². The van der Waals surface area contributed by atoms with Crippen LogP contribution in [0.3, 0.4) is 0 Å². The van der Waals surface area contributed by atoms with Crippen LogP contribution in [0.25, 0.3) is 0 Å². The van der Waals surface area contributed by atoms with Crippen LogP contribution in [0.15, 0.2) is 12.3 Å². The van der Waals surface area contributed by atoms with Crippen LogP contribution in [0, 0.1) is 12.8 Å². The summed E-state index contributed by atoms with van der Waals surface area (Å²) >= 11 is 0. The molecule has 2 rings (SSSR count). The van der Waals surface area contributed by atoms with E-state index in [1.165, 1.54) is 32.1 Å². The number of carbonyl (C=O) groups excluding carboxylic acids is 1. The first-order valence-electron chi connectivity index (χ1n) is 7.65. The van der Waals surface area contributed by atoms with Crippen LogP contribution >= 0.6 is 0 Å². The van der Waals surface area contributed by atoms with Gasteiger partial charge in [-0.2, -0.15) is 0 Å². The van der Waals surface area contributed by atoms with E-state index in [1.54, 1.807) is 7.11 Å². The Kier molecular flexibility index (Phi) is 5.65. The van der Waals surface area contributed by atoms with Crippen molar-refractivity contribution >= 4 is 5.91 Å². The lowest BCUT2D eigenvalue weighted by Crippen LogP contribution is -2.30. The number of hydrogen-bond acceptors (Lipinski definition) is 2. The van der Waals surface area contributed by atoms with E-state index in [1.807, 2.05) is 19.2 Å². The molecule has 0 saturated heterocycles. The Morgan fingerprint density at radius 3 is 2.85 bits per heavy atom. The largest absolute Gasteiger partial charge is 0.383 e. The minimum Gasteiger partial charge on any atom is -0.383 e. The van der Waals surface area contributed by atoms with Crippen molar-refractivity contribution in [1.82, 2.24) is 9.88 Å². The highest BCUT2D eigenvalue weighted by Crippen LogP contribution is 2.23. The molecule has 1 aliphatic carbocycles. The van der Waals surface area contributed by atoms with Crippen molar-refractivity contribution in [2.45, 2.75) is 45.6 Å². The summed E-state index contributed by atoms with van der Waals surface area (Å²) in [6, 6.07) is 1.90. The fourth-order valence-corrected chi connectivity index (χ4v) is 2.95. The van der Waals surface area contributed by atoms with Crippen LogP contribution in [0.1, 0.15) is 48.2 Å². The predicted molar refractivity (Wildman–Crippen MR) is 80.0 cm³/mol. The zero-order valence-electron chi connectivity index (χ0n) is 12.7. The summed E-state index contributed by atoms with van der Waals surface area (Å²) in [7, 11) is 1.69. The second-order valence-electron chi connectivity index (χ2n) is 5.72. The second-order valence-corrected chi connectivity index (χ2v) is 5.72. The molecular weight excluding hydrogens is 252 g/mol. The molecule has 0 spiro atoms. The lowest BCUT2D eigenvalue weighted by Gasteiger charge is -2.21.